The second-order valence-electron chi connectivity index (χ2n) is 7.50. The Hall–Kier alpha value is -3.82. The fourth-order valence-corrected chi connectivity index (χ4v) is 3.85. The van der Waals surface area contributed by atoms with Crippen LogP contribution in [-0.4, -0.2) is 33.1 Å². The van der Waals surface area contributed by atoms with Crippen LogP contribution in [0.5, 0.6) is 5.75 Å². The maximum Gasteiger partial charge on any atom is 0.407 e. The number of hydrogen-bond donors (Lipinski definition) is 1. The van der Waals surface area contributed by atoms with E-state index < -0.39 is 11.9 Å². The SMILES string of the molecule is COCOc1ccc(C#CCCNC(=O)OCC2c3ccccc3-c3ccccc32)c(F)c1. The molecule has 1 aliphatic carbocycles. The molecule has 0 radical (unpaired) electrons. The van der Waals surface area contributed by atoms with Crippen molar-refractivity contribution in [1.82, 2.24) is 5.32 Å². The van der Waals surface area contributed by atoms with Crippen LogP contribution in [-0.2, 0) is 9.47 Å². The molecule has 0 aromatic heterocycles. The lowest BCUT2D eigenvalue weighted by Gasteiger charge is -2.14. The Morgan fingerprint density at radius 1 is 1.03 bits per heavy atom. The third kappa shape index (κ3) is 5.33. The summed E-state index contributed by atoms with van der Waals surface area (Å²) in [6.07, 6.45) is -0.129. The zero-order valence-corrected chi connectivity index (χ0v) is 18.3. The lowest BCUT2D eigenvalue weighted by atomic mass is 9.98. The van der Waals surface area contributed by atoms with Crippen molar-refractivity contribution >= 4 is 6.09 Å². The van der Waals surface area contributed by atoms with Gasteiger partial charge in [0.1, 0.15) is 18.2 Å². The van der Waals surface area contributed by atoms with Crippen LogP contribution in [0.1, 0.15) is 29.0 Å². The van der Waals surface area contributed by atoms with Crippen LogP contribution in [0.15, 0.2) is 66.7 Å². The zero-order chi connectivity index (χ0) is 23.0. The van der Waals surface area contributed by atoms with Gasteiger partial charge in [-0.25, -0.2) is 9.18 Å². The molecule has 1 amide bonds. The number of halogens is 1. The Morgan fingerprint density at radius 2 is 1.73 bits per heavy atom. The van der Waals surface area contributed by atoms with Gasteiger partial charge in [-0.05, 0) is 34.4 Å². The van der Waals surface area contributed by atoms with Gasteiger partial charge in [-0.3, -0.25) is 0 Å². The second kappa shape index (κ2) is 10.7. The van der Waals surface area contributed by atoms with Crippen molar-refractivity contribution in [1.29, 1.82) is 0 Å². The highest BCUT2D eigenvalue weighted by atomic mass is 19.1. The Kier molecular flexibility index (Phi) is 7.23. The Balaban J connectivity index is 1.25. The number of methoxy groups -OCH3 is 1. The first-order chi connectivity index (χ1) is 16.2. The van der Waals surface area contributed by atoms with Gasteiger partial charge in [0.25, 0.3) is 0 Å². The first kappa shape index (κ1) is 22.4. The molecule has 0 saturated carbocycles. The van der Waals surface area contributed by atoms with Crippen molar-refractivity contribution in [2.45, 2.75) is 12.3 Å². The Labute approximate surface area is 192 Å². The summed E-state index contributed by atoms with van der Waals surface area (Å²) in [4.78, 5) is 12.2. The van der Waals surface area contributed by atoms with Gasteiger partial charge >= 0.3 is 6.09 Å². The van der Waals surface area contributed by atoms with Crippen LogP contribution in [0.4, 0.5) is 9.18 Å². The first-order valence-corrected chi connectivity index (χ1v) is 10.7. The standard InChI is InChI=1S/C27H24FNO4/c1-31-18-33-20-14-13-19(26(28)16-20)8-6-7-15-29-27(30)32-17-25-23-11-4-2-9-21(23)22-10-3-5-12-24(22)25/h2-5,9-14,16,25H,7,15,17-18H2,1H3,(H,29,30). The second-order valence-corrected chi connectivity index (χ2v) is 7.50. The molecule has 1 aliphatic rings. The molecule has 0 spiro atoms. The normalized spacial score (nSPS) is 11.7. The summed E-state index contributed by atoms with van der Waals surface area (Å²) in [6, 6.07) is 20.8. The predicted octanol–water partition coefficient (Wildman–Crippen LogP) is 5.09. The molecule has 3 aromatic rings. The number of carbonyl (C=O) groups excluding carboxylic acids is 1. The molecule has 0 heterocycles. The highest BCUT2D eigenvalue weighted by Gasteiger charge is 2.28. The smallest absolute Gasteiger partial charge is 0.407 e. The molecule has 0 aliphatic heterocycles. The van der Waals surface area contributed by atoms with Crippen LogP contribution in [0.3, 0.4) is 0 Å². The first-order valence-electron chi connectivity index (χ1n) is 10.7. The van der Waals surface area contributed by atoms with E-state index in [1.807, 2.05) is 24.3 Å². The zero-order valence-electron chi connectivity index (χ0n) is 18.3. The molecule has 5 nitrogen and oxygen atoms in total. The summed E-state index contributed by atoms with van der Waals surface area (Å²) in [5, 5.41) is 2.70. The van der Waals surface area contributed by atoms with E-state index in [9.17, 15) is 9.18 Å². The van der Waals surface area contributed by atoms with Crippen LogP contribution in [0.2, 0.25) is 0 Å². The van der Waals surface area contributed by atoms with Gasteiger partial charge in [-0.2, -0.15) is 0 Å². The number of benzene rings is 3. The predicted molar refractivity (Wildman–Crippen MR) is 123 cm³/mol. The molecule has 168 valence electrons. The lowest BCUT2D eigenvalue weighted by molar-refractivity contribution is 0.0509. The number of nitrogens with one attached hydrogen (secondary N) is 1. The molecule has 33 heavy (non-hydrogen) atoms. The molecular formula is C27H24FNO4. The minimum absolute atomic E-state index is 0.0155. The lowest BCUT2D eigenvalue weighted by Crippen LogP contribution is -2.26. The van der Waals surface area contributed by atoms with E-state index in [0.717, 1.165) is 11.1 Å². The number of ether oxygens (including phenoxy) is 3. The van der Waals surface area contributed by atoms with Crippen molar-refractivity contribution in [2.24, 2.45) is 0 Å². The molecule has 0 unspecified atom stereocenters. The fourth-order valence-electron chi connectivity index (χ4n) is 3.85. The van der Waals surface area contributed by atoms with Crippen LogP contribution < -0.4 is 10.1 Å². The van der Waals surface area contributed by atoms with Crippen LogP contribution >= 0.6 is 0 Å². The number of rotatable bonds is 7. The number of fused-ring (bicyclic) bond motifs is 3. The number of carbonyl (C=O) groups is 1. The highest BCUT2D eigenvalue weighted by Crippen LogP contribution is 2.44. The monoisotopic (exact) mass is 445 g/mol. The average Bonchev–Trinajstić information content (AvgIpc) is 3.16. The molecule has 1 N–H and O–H groups in total. The van der Waals surface area contributed by atoms with Gasteiger partial charge in [0.15, 0.2) is 6.79 Å². The van der Waals surface area contributed by atoms with Crippen molar-refractivity contribution in [2.75, 3.05) is 27.1 Å². The van der Waals surface area contributed by atoms with Crippen molar-refractivity contribution in [3.8, 4) is 28.7 Å². The third-order valence-corrected chi connectivity index (χ3v) is 5.37. The van der Waals surface area contributed by atoms with Gasteiger partial charge < -0.3 is 19.5 Å². The molecule has 0 fully saturated rings. The maximum atomic E-state index is 14.1. The maximum absolute atomic E-state index is 14.1. The summed E-state index contributed by atoms with van der Waals surface area (Å²) in [5.74, 6) is 5.54. The summed E-state index contributed by atoms with van der Waals surface area (Å²) >= 11 is 0. The summed E-state index contributed by atoms with van der Waals surface area (Å²) in [7, 11) is 1.49. The van der Waals surface area contributed by atoms with Crippen molar-refractivity contribution < 1.29 is 23.4 Å². The highest BCUT2D eigenvalue weighted by molar-refractivity contribution is 5.79. The van der Waals surface area contributed by atoms with E-state index in [-0.39, 0.29) is 24.9 Å². The largest absolute Gasteiger partial charge is 0.467 e. The minimum atomic E-state index is -0.496. The van der Waals surface area contributed by atoms with Crippen LogP contribution in [0, 0.1) is 17.7 Å². The van der Waals surface area contributed by atoms with Crippen molar-refractivity contribution in [3.63, 3.8) is 0 Å². The van der Waals surface area contributed by atoms with E-state index in [2.05, 4.69) is 41.4 Å². The number of hydrogen-bond acceptors (Lipinski definition) is 4. The third-order valence-electron chi connectivity index (χ3n) is 5.37. The van der Waals surface area contributed by atoms with E-state index in [1.54, 1.807) is 12.1 Å². The summed E-state index contributed by atoms with van der Waals surface area (Å²) < 4.78 is 29.5. The molecular weight excluding hydrogens is 421 g/mol. The van der Waals surface area contributed by atoms with E-state index in [4.69, 9.17) is 14.2 Å². The van der Waals surface area contributed by atoms with Crippen LogP contribution in [0.25, 0.3) is 11.1 Å². The Morgan fingerprint density at radius 3 is 2.39 bits per heavy atom. The summed E-state index contributed by atoms with van der Waals surface area (Å²) in [6.45, 7) is 0.612. The molecule has 4 rings (SSSR count). The van der Waals surface area contributed by atoms with E-state index in [1.165, 1.54) is 24.3 Å². The number of amides is 1. The molecule has 3 aromatic carbocycles. The minimum Gasteiger partial charge on any atom is -0.467 e. The van der Waals surface area contributed by atoms with E-state index >= 15 is 0 Å². The molecule has 0 atom stereocenters. The van der Waals surface area contributed by atoms with Gasteiger partial charge in [-0.15, -0.1) is 0 Å². The fraction of sp³-hybridized carbons (Fsp3) is 0.222. The number of alkyl carbamates (subject to hydrolysis) is 1. The topological polar surface area (TPSA) is 56.8 Å². The Bertz CT molecular complexity index is 1150. The molecule has 6 heteroatoms. The molecule has 0 bridgehead atoms. The van der Waals surface area contributed by atoms with E-state index in [0.29, 0.717) is 18.7 Å². The van der Waals surface area contributed by atoms with Gasteiger partial charge in [-0.1, -0.05) is 60.4 Å². The average molecular weight is 445 g/mol. The molecule has 0 saturated heterocycles. The van der Waals surface area contributed by atoms with Crippen molar-refractivity contribution in [3.05, 3.63) is 89.2 Å². The van der Waals surface area contributed by atoms with Gasteiger partial charge in [0.2, 0.25) is 0 Å². The van der Waals surface area contributed by atoms with Gasteiger partial charge in [0.05, 0.1) is 5.56 Å². The van der Waals surface area contributed by atoms with Gasteiger partial charge in [0, 0.05) is 32.1 Å². The summed E-state index contributed by atoms with van der Waals surface area (Å²) in [5.41, 5.74) is 4.96. The quantitative estimate of drug-likeness (QED) is 0.313.